The molecule has 1 aliphatic heterocycles. The molecule has 2 unspecified atom stereocenters. The average molecular weight is 264 g/mol. The predicted octanol–water partition coefficient (Wildman–Crippen LogP) is 0.200. The Morgan fingerprint density at radius 2 is 2.37 bits per heavy atom. The maximum Gasteiger partial charge on any atom is 0.252 e. The number of nitrogens with zero attached hydrogens (tertiary/aromatic N) is 2. The van der Waals surface area contributed by atoms with Crippen molar-refractivity contribution in [1.82, 2.24) is 9.97 Å². The Labute approximate surface area is 112 Å². The van der Waals surface area contributed by atoms with E-state index in [0.717, 1.165) is 31.0 Å². The number of ether oxygens (including phenoxy) is 1. The quantitative estimate of drug-likeness (QED) is 0.814. The van der Waals surface area contributed by atoms with Crippen LogP contribution in [-0.4, -0.2) is 41.8 Å². The van der Waals surface area contributed by atoms with Crippen LogP contribution in [0.15, 0.2) is 10.9 Å². The number of hydrogen-bond donors (Lipinski definition) is 2. The van der Waals surface area contributed by atoms with Gasteiger partial charge >= 0.3 is 0 Å². The fourth-order valence-electron chi connectivity index (χ4n) is 2.38. The minimum Gasteiger partial charge on any atom is -0.373 e. The summed E-state index contributed by atoms with van der Waals surface area (Å²) in [7, 11) is 0. The molecule has 3 rings (SSSR count). The molecule has 2 heterocycles. The first-order valence-corrected chi connectivity index (χ1v) is 6.87. The van der Waals surface area contributed by atoms with E-state index in [9.17, 15) is 4.79 Å². The molecule has 2 fully saturated rings. The predicted molar refractivity (Wildman–Crippen MR) is 72.4 cm³/mol. The second-order valence-corrected chi connectivity index (χ2v) is 5.48. The van der Waals surface area contributed by atoms with E-state index in [1.165, 1.54) is 0 Å². The highest BCUT2D eigenvalue weighted by Crippen LogP contribution is 2.37. The largest absolute Gasteiger partial charge is 0.373 e. The van der Waals surface area contributed by atoms with Gasteiger partial charge in [0.05, 0.1) is 12.7 Å². The molecule has 0 bridgehead atoms. The third-order valence-corrected chi connectivity index (χ3v) is 3.71. The lowest BCUT2D eigenvalue weighted by Crippen LogP contribution is -2.50. The summed E-state index contributed by atoms with van der Waals surface area (Å²) >= 11 is 0. The van der Waals surface area contributed by atoms with Crippen LogP contribution < -0.4 is 16.2 Å². The van der Waals surface area contributed by atoms with E-state index in [0.29, 0.717) is 19.1 Å². The number of rotatable bonds is 3. The number of aromatic amines is 1. The van der Waals surface area contributed by atoms with Gasteiger partial charge in [-0.15, -0.1) is 0 Å². The van der Waals surface area contributed by atoms with E-state index in [1.807, 2.05) is 6.92 Å². The van der Waals surface area contributed by atoms with E-state index < -0.39 is 0 Å². The number of hydrogen-bond acceptors (Lipinski definition) is 5. The zero-order chi connectivity index (χ0) is 13.4. The van der Waals surface area contributed by atoms with Gasteiger partial charge in [-0.1, -0.05) is 0 Å². The summed E-state index contributed by atoms with van der Waals surface area (Å²) < 4.78 is 5.63. The lowest BCUT2D eigenvalue weighted by molar-refractivity contribution is 0.0273. The van der Waals surface area contributed by atoms with Gasteiger partial charge in [0.15, 0.2) is 0 Å². The highest BCUT2D eigenvalue weighted by molar-refractivity contribution is 5.39. The molecule has 3 N–H and O–H groups in total. The van der Waals surface area contributed by atoms with E-state index >= 15 is 0 Å². The standard InChI is InChI=1S/C13H20N4O2/c1-8(14)10-7-17(4-5-19-10)11-6-12(18)16-13(15-11)9-2-3-9/h6,8-10H,2-5,7,14H2,1H3,(H,15,16,18). The van der Waals surface area contributed by atoms with Gasteiger partial charge in [-0.3, -0.25) is 4.79 Å². The van der Waals surface area contributed by atoms with Gasteiger partial charge in [0.25, 0.3) is 5.56 Å². The SMILES string of the molecule is CC(N)C1CN(c2cc(=O)[nH]c(C3CC3)n2)CCO1. The number of nitrogens with two attached hydrogens (primary N) is 1. The Balaban J connectivity index is 1.82. The summed E-state index contributed by atoms with van der Waals surface area (Å²) in [6, 6.07) is 1.54. The zero-order valence-electron chi connectivity index (χ0n) is 11.1. The van der Waals surface area contributed by atoms with Gasteiger partial charge in [-0.25, -0.2) is 4.98 Å². The molecule has 19 heavy (non-hydrogen) atoms. The van der Waals surface area contributed by atoms with Crippen LogP contribution in [-0.2, 0) is 4.74 Å². The van der Waals surface area contributed by atoms with Crippen molar-refractivity contribution in [3.63, 3.8) is 0 Å². The van der Waals surface area contributed by atoms with Crippen LogP contribution >= 0.6 is 0 Å². The van der Waals surface area contributed by atoms with Crippen molar-refractivity contribution in [1.29, 1.82) is 0 Å². The molecule has 0 spiro atoms. The van der Waals surface area contributed by atoms with Crippen molar-refractivity contribution in [2.45, 2.75) is 37.8 Å². The highest BCUT2D eigenvalue weighted by Gasteiger charge is 2.28. The summed E-state index contributed by atoms with van der Waals surface area (Å²) in [6.45, 7) is 4.01. The molecule has 2 aliphatic rings. The number of nitrogens with one attached hydrogen (secondary N) is 1. The monoisotopic (exact) mass is 264 g/mol. The normalized spacial score (nSPS) is 25.4. The van der Waals surface area contributed by atoms with Gasteiger partial charge in [0.1, 0.15) is 11.6 Å². The number of anilines is 1. The number of aromatic nitrogens is 2. The second-order valence-electron chi connectivity index (χ2n) is 5.48. The van der Waals surface area contributed by atoms with Crippen molar-refractivity contribution in [2.75, 3.05) is 24.6 Å². The minimum atomic E-state index is -0.0734. The van der Waals surface area contributed by atoms with Crippen LogP contribution in [0.4, 0.5) is 5.82 Å². The van der Waals surface area contributed by atoms with Crippen LogP contribution in [0, 0.1) is 0 Å². The summed E-state index contributed by atoms with van der Waals surface area (Å²) in [6.07, 6.45) is 2.25. The first-order chi connectivity index (χ1) is 9.13. The molecule has 0 amide bonds. The average Bonchev–Trinajstić information content (AvgIpc) is 3.22. The van der Waals surface area contributed by atoms with Crippen LogP contribution in [0.1, 0.15) is 31.5 Å². The minimum absolute atomic E-state index is 0.000729. The van der Waals surface area contributed by atoms with Crippen molar-refractivity contribution >= 4 is 5.82 Å². The Morgan fingerprint density at radius 1 is 1.58 bits per heavy atom. The van der Waals surface area contributed by atoms with Crippen molar-refractivity contribution in [3.05, 3.63) is 22.2 Å². The second kappa shape index (κ2) is 4.94. The van der Waals surface area contributed by atoms with Crippen LogP contribution in [0.2, 0.25) is 0 Å². The molecule has 1 aromatic heterocycles. The van der Waals surface area contributed by atoms with E-state index in [1.54, 1.807) is 6.07 Å². The summed E-state index contributed by atoms with van der Waals surface area (Å²) in [5.41, 5.74) is 5.81. The Bertz CT molecular complexity index is 510. The molecular weight excluding hydrogens is 244 g/mol. The highest BCUT2D eigenvalue weighted by atomic mass is 16.5. The zero-order valence-corrected chi connectivity index (χ0v) is 11.1. The number of H-pyrrole nitrogens is 1. The molecule has 0 aromatic carbocycles. The fourth-order valence-corrected chi connectivity index (χ4v) is 2.38. The first-order valence-electron chi connectivity index (χ1n) is 6.87. The van der Waals surface area contributed by atoms with Crippen molar-refractivity contribution in [3.8, 4) is 0 Å². The molecule has 0 radical (unpaired) electrons. The maximum atomic E-state index is 11.7. The molecular formula is C13H20N4O2. The van der Waals surface area contributed by atoms with Crippen molar-refractivity contribution in [2.24, 2.45) is 5.73 Å². The Morgan fingerprint density at radius 3 is 3.05 bits per heavy atom. The van der Waals surface area contributed by atoms with Crippen LogP contribution in [0.3, 0.4) is 0 Å². The molecule has 2 atom stereocenters. The van der Waals surface area contributed by atoms with E-state index in [4.69, 9.17) is 10.5 Å². The third-order valence-electron chi connectivity index (χ3n) is 3.71. The molecule has 1 aliphatic carbocycles. The molecule has 1 saturated carbocycles. The lowest BCUT2D eigenvalue weighted by Gasteiger charge is -2.35. The van der Waals surface area contributed by atoms with Gasteiger partial charge in [0.2, 0.25) is 0 Å². The fraction of sp³-hybridized carbons (Fsp3) is 0.692. The lowest BCUT2D eigenvalue weighted by atomic mass is 10.1. The summed E-state index contributed by atoms with van der Waals surface area (Å²) in [5, 5.41) is 0. The maximum absolute atomic E-state index is 11.7. The molecule has 1 saturated heterocycles. The Kier molecular flexibility index (Phi) is 3.28. The summed E-state index contributed by atoms with van der Waals surface area (Å²) in [5.74, 6) is 2.02. The van der Waals surface area contributed by atoms with Crippen molar-refractivity contribution < 1.29 is 4.74 Å². The first kappa shape index (κ1) is 12.6. The van der Waals surface area contributed by atoms with Crippen LogP contribution in [0.25, 0.3) is 0 Å². The van der Waals surface area contributed by atoms with E-state index in [-0.39, 0.29) is 17.7 Å². The van der Waals surface area contributed by atoms with Crippen LogP contribution in [0.5, 0.6) is 0 Å². The van der Waals surface area contributed by atoms with Gasteiger partial charge in [-0.05, 0) is 19.8 Å². The van der Waals surface area contributed by atoms with E-state index in [2.05, 4.69) is 14.9 Å². The smallest absolute Gasteiger partial charge is 0.252 e. The van der Waals surface area contributed by atoms with Gasteiger partial charge < -0.3 is 20.4 Å². The molecule has 6 nitrogen and oxygen atoms in total. The Hall–Kier alpha value is -1.40. The molecule has 104 valence electrons. The topological polar surface area (TPSA) is 84.2 Å². The third kappa shape index (κ3) is 2.79. The molecule has 1 aromatic rings. The van der Waals surface area contributed by atoms with Gasteiger partial charge in [0, 0.05) is 31.1 Å². The van der Waals surface area contributed by atoms with Gasteiger partial charge in [-0.2, -0.15) is 0 Å². The summed E-state index contributed by atoms with van der Waals surface area (Å²) in [4.78, 5) is 21.2. The number of morpholine rings is 1. The molecule has 6 heteroatoms.